The van der Waals surface area contributed by atoms with E-state index in [1.54, 1.807) is 0 Å². The highest BCUT2D eigenvalue weighted by atomic mass is 16.5. The van der Waals surface area contributed by atoms with Crippen LogP contribution in [0.2, 0.25) is 0 Å². The zero-order valence-corrected chi connectivity index (χ0v) is 10.7. The third-order valence-electron chi connectivity index (χ3n) is 2.80. The molecule has 1 aliphatic heterocycles. The Bertz CT molecular complexity index is 231. The van der Waals surface area contributed by atoms with E-state index in [0.717, 1.165) is 19.4 Å². The summed E-state index contributed by atoms with van der Waals surface area (Å²) < 4.78 is 5.47. The second kappa shape index (κ2) is 6.21. The molecule has 0 saturated carbocycles. The zero-order valence-electron chi connectivity index (χ0n) is 10.7. The predicted molar refractivity (Wildman–Crippen MR) is 64.3 cm³/mol. The van der Waals surface area contributed by atoms with Gasteiger partial charge in [0, 0.05) is 18.7 Å². The molecule has 94 valence electrons. The van der Waals surface area contributed by atoms with Crippen molar-refractivity contribution in [1.82, 2.24) is 10.6 Å². The minimum absolute atomic E-state index is 0.0779. The van der Waals surface area contributed by atoms with Gasteiger partial charge < -0.3 is 15.4 Å². The van der Waals surface area contributed by atoms with E-state index >= 15 is 0 Å². The van der Waals surface area contributed by atoms with Crippen molar-refractivity contribution in [2.24, 2.45) is 0 Å². The Balaban J connectivity index is 2.32. The highest BCUT2D eigenvalue weighted by Crippen LogP contribution is 2.13. The molecule has 0 radical (unpaired) electrons. The number of carbonyl (C=O) groups excluding carboxylic acids is 1. The Kier molecular flexibility index (Phi) is 5.22. The monoisotopic (exact) mass is 228 g/mol. The van der Waals surface area contributed by atoms with Crippen LogP contribution in [0.5, 0.6) is 0 Å². The fraction of sp³-hybridized carbons (Fsp3) is 0.917. The maximum atomic E-state index is 11.7. The molecular formula is C12H24N2O2. The Morgan fingerprint density at radius 1 is 1.38 bits per heavy atom. The van der Waals surface area contributed by atoms with Crippen molar-refractivity contribution < 1.29 is 9.53 Å². The third kappa shape index (κ3) is 4.49. The number of hydrogen-bond acceptors (Lipinski definition) is 3. The fourth-order valence-corrected chi connectivity index (χ4v) is 1.99. The zero-order chi connectivity index (χ0) is 12.1. The molecule has 0 aromatic rings. The van der Waals surface area contributed by atoms with Crippen LogP contribution in [-0.2, 0) is 9.53 Å². The smallest absolute Gasteiger partial charge is 0.237 e. The van der Waals surface area contributed by atoms with Crippen molar-refractivity contribution in [1.29, 1.82) is 0 Å². The molecule has 3 atom stereocenters. The van der Waals surface area contributed by atoms with Crippen molar-refractivity contribution in [2.75, 3.05) is 6.61 Å². The van der Waals surface area contributed by atoms with Gasteiger partial charge in [-0.15, -0.1) is 0 Å². The van der Waals surface area contributed by atoms with E-state index in [9.17, 15) is 4.79 Å². The summed E-state index contributed by atoms with van der Waals surface area (Å²) in [6, 6.07) is 0.472. The topological polar surface area (TPSA) is 50.4 Å². The summed E-state index contributed by atoms with van der Waals surface area (Å²) in [5.74, 6) is 0.0779. The van der Waals surface area contributed by atoms with Gasteiger partial charge in [0.1, 0.15) is 0 Å². The van der Waals surface area contributed by atoms with E-state index in [-0.39, 0.29) is 18.0 Å². The average Bonchev–Trinajstić information content (AvgIpc) is 2.16. The highest BCUT2D eigenvalue weighted by Gasteiger charge is 2.23. The van der Waals surface area contributed by atoms with Gasteiger partial charge in [-0.3, -0.25) is 4.79 Å². The molecule has 0 aromatic carbocycles. The van der Waals surface area contributed by atoms with Gasteiger partial charge in [-0.25, -0.2) is 0 Å². The Labute approximate surface area is 98.1 Å². The average molecular weight is 228 g/mol. The molecule has 0 spiro atoms. The second-order valence-electron chi connectivity index (χ2n) is 4.95. The Morgan fingerprint density at radius 3 is 2.62 bits per heavy atom. The molecule has 4 nitrogen and oxygen atoms in total. The minimum Gasteiger partial charge on any atom is -0.378 e. The largest absolute Gasteiger partial charge is 0.378 e. The fourth-order valence-electron chi connectivity index (χ4n) is 1.99. The Morgan fingerprint density at radius 2 is 2.06 bits per heavy atom. The summed E-state index contributed by atoms with van der Waals surface area (Å²) in [4.78, 5) is 11.7. The van der Waals surface area contributed by atoms with Gasteiger partial charge in [0.15, 0.2) is 0 Å². The first-order chi connectivity index (χ1) is 7.49. The lowest BCUT2D eigenvalue weighted by Gasteiger charge is -2.30. The highest BCUT2D eigenvalue weighted by molar-refractivity contribution is 5.81. The van der Waals surface area contributed by atoms with Gasteiger partial charge in [0.2, 0.25) is 5.91 Å². The first kappa shape index (κ1) is 13.5. The maximum absolute atomic E-state index is 11.7. The number of amides is 1. The summed E-state index contributed by atoms with van der Waals surface area (Å²) in [6.07, 6.45) is 2.27. The van der Waals surface area contributed by atoms with Gasteiger partial charge in [0.05, 0.1) is 12.1 Å². The van der Waals surface area contributed by atoms with E-state index in [1.807, 2.05) is 20.8 Å². The molecule has 1 heterocycles. The van der Waals surface area contributed by atoms with E-state index in [4.69, 9.17) is 4.74 Å². The number of ether oxygens (including phenoxy) is 1. The van der Waals surface area contributed by atoms with E-state index in [0.29, 0.717) is 12.1 Å². The lowest BCUT2D eigenvalue weighted by molar-refractivity contribution is -0.123. The summed E-state index contributed by atoms with van der Waals surface area (Å²) in [5, 5.41) is 6.27. The van der Waals surface area contributed by atoms with Crippen molar-refractivity contribution >= 4 is 5.91 Å². The quantitative estimate of drug-likeness (QED) is 0.756. The van der Waals surface area contributed by atoms with Crippen LogP contribution < -0.4 is 10.6 Å². The molecule has 1 rings (SSSR count). The van der Waals surface area contributed by atoms with Crippen LogP contribution >= 0.6 is 0 Å². The molecule has 4 heteroatoms. The van der Waals surface area contributed by atoms with Crippen LogP contribution in [-0.4, -0.2) is 36.7 Å². The van der Waals surface area contributed by atoms with Crippen LogP contribution in [0.15, 0.2) is 0 Å². The molecule has 16 heavy (non-hydrogen) atoms. The lowest BCUT2D eigenvalue weighted by Crippen LogP contribution is -2.50. The summed E-state index contributed by atoms with van der Waals surface area (Å²) in [5.41, 5.74) is 0. The summed E-state index contributed by atoms with van der Waals surface area (Å²) in [6.45, 7) is 8.73. The van der Waals surface area contributed by atoms with Gasteiger partial charge in [0.25, 0.3) is 0 Å². The van der Waals surface area contributed by atoms with Crippen molar-refractivity contribution in [3.8, 4) is 0 Å². The summed E-state index contributed by atoms with van der Waals surface area (Å²) in [7, 11) is 0. The van der Waals surface area contributed by atoms with Gasteiger partial charge >= 0.3 is 0 Å². The molecular weight excluding hydrogens is 204 g/mol. The standard InChI is InChI=1S/C12H24N2O2/c1-8(2)13-12(15)10(4)14-11-5-6-16-9(3)7-11/h8-11,14H,5-7H2,1-4H3,(H,13,15). The van der Waals surface area contributed by atoms with E-state index in [2.05, 4.69) is 17.6 Å². The maximum Gasteiger partial charge on any atom is 0.237 e. The normalized spacial score (nSPS) is 27.8. The first-order valence-electron chi connectivity index (χ1n) is 6.17. The number of hydrogen-bond donors (Lipinski definition) is 2. The van der Waals surface area contributed by atoms with Crippen LogP contribution in [0.4, 0.5) is 0 Å². The molecule has 1 amide bonds. The SMILES string of the molecule is CC(C)NC(=O)C(C)NC1CCOC(C)C1. The third-order valence-corrected chi connectivity index (χ3v) is 2.80. The first-order valence-corrected chi connectivity index (χ1v) is 6.17. The number of carbonyl (C=O) groups is 1. The molecule has 3 unspecified atom stereocenters. The number of rotatable bonds is 4. The van der Waals surface area contributed by atoms with Crippen molar-refractivity contribution in [3.05, 3.63) is 0 Å². The Hall–Kier alpha value is -0.610. The van der Waals surface area contributed by atoms with E-state index in [1.165, 1.54) is 0 Å². The van der Waals surface area contributed by atoms with Crippen LogP contribution in [0.3, 0.4) is 0 Å². The predicted octanol–water partition coefficient (Wildman–Crippen LogP) is 1.06. The van der Waals surface area contributed by atoms with E-state index < -0.39 is 0 Å². The van der Waals surface area contributed by atoms with Gasteiger partial charge in [-0.2, -0.15) is 0 Å². The van der Waals surface area contributed by atoms with Crippen LogP contribution in [0, 0.1) is 0 Å². The molecule has 0 bridgehead atoms. The van der Waals surface area contributed by atoms with Crippen molar-refractivity contribution in [3.63, 3.8) is 0 Å². The van der Waals surface area contributed by atoms with Crippen LogP contribution in [0.25, 0.3) is 0 Å². The molecule has 0 aromatic heterocycles. The van der Waals surface area contributed by atoms with Crippen LogP contribution in [0.1, 0.15) is 40.5 Å². The number of nitrogens with one attached hydrogen (secondary N) is 2. The molecule has 1 aliphatic rings. The second-order valence-corrected chi connectivity index (χ2v) is 4.95. The van der Waals surface area contributed by atoms with Gasteiger partial charge in [-0.05, 0) is 40.5 Å². The molecule has 2 N–H and O–H groups in total. The van der Waals surface area contributed by atoms with Gasteiger partial charge in [-0.1, -0.05) is 0 Å². The molecule has 1 saturated heterocycles. The minimum atomic E-state index is -0.127. The summed E-state index contributed by atoms with van der Waals surface area (Å²) >= 11 is 0. The molecule has 0 aliphatic carbocycles. The molecule has 1 fully saturated rings. The lowest BCUT2D eigenvalue weighted by atomic mass is 10.0. The van der Waals surface area contributed by atoms with Crippen molar-refractivity contribution in [2.45, 2.75) is 64.8 Å².